The molecule has 0 saturated heterocycles. The molecule has 1 aromatic rings. The van der Waals surface area contributed by atoms with Crippen LogP contribution in [0.3, 0.4) is 0 Å². The van der Waals surface area contributed by atoms with Gasteiger partial charge in [-0.1, -0.05) is 6.07 Å². The minimum absolute atomic E-state index is 0.214. The van der Waals surface area contributed by atoms with Crippen molar-refractivity contribution in [2.24, 2.45) is 0 Å². The van der Waals surface area contributed by atoms with Gasteiger partial charge in [-0.3, -0.25) is 9.78 Å². The molecule has 0 aliphatic heterocycles. The molecule has 64 valence electrons. The maximum Gasteiger partial charge on any atom is 0.293 e. The molecular formula is C8H8ClNO2. The third-order valence-corrected chi connectivity index (χ3v) is 1.65. The van der Waals surface area contributed by atoms with Crippen molar-refractivity contribution >= 4 is 18.1 Å². The van der Waals surface area contributed by atoms with E-state index in [1.54, 1.807) is 12.3 Å². The highest BCUT2D eigenvalue weighted by molar-refractivity contribution is 6.17. The van der Waals surface area contributed by atoms with Gasteiger partial charge in [-0.2, -0.15) is 0 Å². The van der Waals surface area contributed by atoms with E-state index in [-0.39, 0.29) is 6.61 Å². The first-order chi connectivity index (χ1) is 5.86. The van der Waals surface area contributed by atoms with E-state index in [1.807, 2.05) is 6.07 Å². The van der Waals surface area contributed by atoms with E-state index >= 15 is 0 Å². The number of hydrogen-bond donors (Lipinski definition) is 0. The zero-order valence-corrected chi connectivity index (χ0v) is 7.12. The van der Waals surface area contributed by atoms with Crippen LogP contribution in [0.1, 0.15) is 11.3 Å². The second-order valence-corrected chi connectivity index (χ2v) is 2.47. The highest BCUT2D eigenvalue weighted by Gasteiger charge is 1.94. The van der Waals surface area contributed by atoms with Gasteiger partial charge in [-0.25, -0.2) is 0 Å². The van der Waals surface area contributed by atoms with Gasteiger partial charge in [0, 0.05) is 12.1 Å². The lowest BCUT2D eigenvalue weighted by atomic mass is 10.3. The van der Waals surface area contributed by atoms with Gasteiger partial charge in [0.15, 0.2) is 0 Å². The smallest absolute Gasteiger partial charge is 0.293 e. The zero-order valence-electron chi connectivity index (χ0n) is 6.37. The number of halogens is 1. The number of carbonyl (C=O) groups excluding carboxylic acids is 1. The summed E-state index contributed by atoms with van der Waals surface area (Å²) in [6, 6.07) is 3.63. The summed E-state index contributed by atoms with van der Waals surface area (Å²) in [6.07, 6.45) is 1.66. The van der Waals surface area contributed by atoms with Gasteiger partial charge < -0.3 is 4.74 Å². The van der Waals surface area contributed by atoms with Crippen LogP contribution in [0.5, 0.6) is 0 Å². The average Bonchev–Trinajstić information content (AvgIpc) is 2.15. The fourth-order valence-electron chi connectivity index (χ4n) is 0.739. The van der Waals surface area contributed by atoms with E-state index in [0.717, 1.165) is 11.3 Å². The molecule has 0 aromatic carbocycles. The summed E-state index contributed by atoms with van der Waals surface area (Å²) in [6.45, 7) is 0.614. The number of pyridine rings is 1. The second kappa shape index (κ2) is 4.72. The maximum absolute atomic E-state index is 9.83. The van der Waals surface area contributed by atoms with E-state index in [4.69, 9.17) is 11.6 Å². The Morgan fingerprint density at radius 1 is 1.58 bits per heavy atom. The van der Waals surface area contributed by atoms with Crippen molar-refractivity contribution < 1.29 is 9.53 Å². The molecule has 0 aliphatic carbocycles. The van der Waals surface area contributed by atoms with E-state index in [1.165, 1.54) is 0 Å². The summed E-state index contributed by atoms with van der Waals surface area (Å²) in [5.41, 5.74) is 1.67. The van der Waals surface area contributed by atoms with Crippen molar-refractivity contribution in [3.8, 4) is 0 Å². The first-order valence-electron chi connectivity index (χ1n) is 3.42. The Balaban J connectivity index is 2.58. The van der Waals surface area contributed by atoms with Crippen molar-refractivity contribution in [1.29, 1.82) is 0 Å². The topological polar surface area (TPSA) is 39.2 Å². The first kappa shape index (κ1) is 9.00. The van der Waals surface area contributed by atoms with Crippen LogP contribution in [-0.4, -0.2) is 11.5 Å². The average molecular weight is 186 g/mol. The Kier molecular flexibility index (Phi) is 3.54. The normalized spacial score (nSPS) is 9.42. The Bertz CT molecular complexity index is 248. The molecule has 1 heterocycles. The van der Waals surface area contributed by atoms with Crippen LogP contribution in [-0.2, 0) is 22.0 Å². The number of ether oxygens (including phenoxy) is 1. The van der Waals surface area contributed by atoms with Crippen LogP contribution >= 0.6 is 11.6 Å². The molecular weight excluding hydrogens is 178 g/mol. The monoisotopic (exact) mass is 185 g/mol. The molecule has 0 spiro atoms. The van der Waals surface area contributed by atoms with Crippen molar-refractivity contribution in [1.82, 2.24) is 4.98 Å². The Morgan fingerprint density at radius 3 is 2.92 bits per heavy atom. The van der Waals surface area contributed by atoms with Gasteiger partial charge in [-0.05, 0) is 11.6 Å². The summed E-state index contributed by atoms with van der Waals surface area (Å²) in [5, 5.41) is 0. The lowest BCUT2D eigenvalue weighted by Crippen LogP contribution is -1.93. The minimum atomic E-state index is 0.214. The van der Waals surface area contributed by atoms with Gasteiger partial charge in [-0.15, -0.1) is 11.6 Å². The summed E-state index contributed by atoms with van der Waals surface area (Å²) >= 11 is 5.56. The van der Waals surface area contributed by atoms with Crippen LogP contribution in [0.15, 0.2) is 18.3 Å². The molecule has 0 saturated carbocycles. The van der Waals surface area contributed by atoms with Crippen LogP contribution in [0.4, 0.5) is 0 Å². The Morgan fingerprint density at radius 2 is 2.42 bits per heavy atom. The molecule has 0 atom stereocenters. The number of hydrogen-bond acceptors (Lipinski definition) is 3. The Labute approximate surface area is 75.3 Å². The van der Waals surface area contributed by atoms with Crippen molar-refractivity contribution in [2.75, 3.05) is 0 Å². The standard InChI is InChI=1S/C8H8ClNO2/c9-3-7-1-2-8(10-4-7)5-12-6-11/h1-2,4,6H,3,5H2. The first-order valence-corrected chi connectivity index (χ1v) is 3.95. The van der Waals surface area contributed by atoms with Crippen molar-refractivity contribution in [2.45, 2.75) is 12.5 Å². The molecule has 1 rings (SSSR count). The highest BCUT2D eigenvalue weighted by Crippen LogP contribution is 2.03. The van der Waals surface area contributed by atoms with Gasteiger partial charge in [0.05, 0.1) is 5.69 Å². The van der Waals surface area contributed by atoms with Gasteiger partial charge in [0.1, 0.15) is 6.61 Å². The molecule has 0 fully saturated rings. The number of nitrogens with zero attached hydrogens (tertiary/aromatic N) is 1. The second-order valence-electron chi connectivity index (χ2n) is 2.20. The molecule has 0 N–H and O–H groups in total. The fourth-order valence-corrected chi connectivity index (χ4v) is 0.897. The molecule has 0 amide bonds. The largest absolute Gasteiger partial charge is 0.461 e. The maximum atomic E-state index is 9.83. The van der Waals surface area contributed by atoms with E-state index in [2.05, 4.69) is 9.72 Å². The van der Waals surface area contributed by atoms with Gasteiger partial charge in [0.25, 0.3) is 6.47 Å². The third kappa shape index (κ3) is 2.51. The van der Waals surface area contributed by atoms with Crippen LogP contribution < -0.4 is 0 Å². The summed E-state index contributed by atoms with van der Waals surface area (Å²) in [4.78, 5) is 13.8. The van der Waals surface area contributed by atoms with Crippen LogP contribution in [0.25, 0.3) is 0 Å². The Hall–Kier alpha value is -1.09. The number of alkyl halides is 1. The minimum Gasteiger partial charge on any atom is -0.461 e. The van der Waals surface area contributed by atoms with E-state index in [0.29, 0.717) is 12.4 Å². The lowest BCUT2D eigenvalue weighted by Gasteiger charge is -1.98. The molecule has 0 aliphatic rings. The molecule has 0 unspecified atom stereocenters. The SMILES string of the molecule is O=COCc1ccc(CCl)cn1. The molecule has 12 heavy (non-hydrogen) atoms. The molecule has 0 bridgehead atoms. The summed E-state index contributed by atoms with van der Waals surface area (Å²) in [5.74, 6) is 0.446. The predicted molar refractivity (Wildman–Crippen MR) is 44.6 cm³/mol. The summed E-state index contributed by atoms with van der Waals surface area (Å²) in [7, 11) is 0. The third-order valence-electron chi connectivity index (χ3n) is 1.34. The van der Waals surface area contributed by atoms with Crippen LogP contribution in [0.2, 0.25) is 0 Å². The number of aromatic nitrogens is 1. The molecule has 3 nitrogen and oxygen atoms in total. The van der Waals surface area contributed by atoms with E-state index < -0.39 is 0 Å². The lowest BCUT2D eigenvalue weighted by molar-refractivity contribution is -0.129. The fraction of sp³-hybridized carbons (Fsp3) is 0.250. The van der Waals surface area contributed by atoms with Crippen LogP contribution in [0, 0.1) is 0 Å². The highest BCUT2D eigenvalue weighted by atomic mass is 35.5. The quantitative estimate of drug-likeness (QED) is 0.527. The van der Waals surface area contributed by atoms with Crippen molar-refractivity contribution in [3.05, 3.63) is 29.6 Å². The molecule has 0 radical (unpaired) electrons. The predicted octanol–water partition coefficient (Wildman–Crippen LogP) is 1.49. The van der Waals surface area contributed by atoms with Crippen molar-refractivity contribution in [3.63, 3.8) is 0 Å². The molecule has 4 heteroatoms. The number of rotatable bonds is 4. The zero-order chi connectivity index (χ0) is 8.81. The van der Waals surface area contributed by atoms with Gasteiger partial charge in [0.2, 0.25) is 0 Å². The number of carbonyl (C=O) groups is 1. The van der Waals surface area contributed by atoms with E-state index in [9.17, 15) is 4.79 Å². The molecule has 1 aromatic heterocycles. The summed E-state index contributed by atoms with van der Waals surface area (Å²) < 4.78 is 4.52. The van der Waals surface area contributed by atoms with Gasteiger partial charge >= 0.3 is 0 Å².